The van der Waals surface area contributed by atoms with Crippen LogP contribution in [0.15, 0.2) is 39.5 Å². The van der Waals surface area contributed by atoms with Gasteiger partial charge < -0.3 is 69.1 Å². The van der Waals surface area contributed by atoms with Crippen molar-refractivity contribution in [3.63, 3.8) is 0 Å². The van der Waals surface area contributed by atoms with Crippen LogP contribution >= 0.6 is 0 Å². The monoisotopic (exact) mass is 830 g/mol. The van der Waals surface area contributed by atoms with Gasteiger partial charge in [-0.2, -0.15) is 4.89 Å². The van der Waals surface area contributed by atoms with E-state index in [0.717, 1.165) is 31.7 Å². The van der Waals surface area contributed by atoms with Gasteiger partial charge in [-0.05, 0) is 44.5 Å². The lowest BCUT2D eigenvalue weighted by molar-refractivity contribution is -0.338. The molecule has 13 atom stereocenters. The van der Waals surface area contributed by atoms with Crippen molar-refractivity contribution in [3.05, 3.63) is 51.7 Å². The molecule has 3 fully saturated rings. The number of unbranched alkanes of at least 4 members (excludes halogenated alkanes) is 5. The van der Waals surface area contributed by atoms with E-state index in [1.54, 1.807) is 0 Å². The van der Waals surface area contributed by atoms with Gasteiger partial charge in [0, 0.05) is 23.1 Å². The van der Waals surface area contributed by atoms with Crippen LogP contribution in [0.5, 0.6) is 17.2 Å². The summed E-state index contributed by atoms with van der Waals surface area (Å²) in [6.07, 6.45) is -13.3. The Labute approximate surface area is 337 Å². The number of ether oxygens (including phenoxy) is 4. The van der Waals surface area contributed by atoms with E-state index in [1.165, 1.54) is 38.1 Å². The van der Waals surface area contributed by atoms with Gasteiger partial charge >= 0.3 is 5.97 Å². The zero-order chi connectivity index (χ0) is 42.5. The van der Waals surface area contributed by atoms with Gasteiger partial charge in [0.25, 0.3) is 5.60 Å². The number of aromatic hydroxyl groups is 2. The van der Waals surface area contributed by atoms with Crippen LogP contribution in [0.3, 0.4) is 0 Å². The van der Waals surface area contributed by atoms with Crippen LogP contribution in [0.2, 0.25) is 0 Å². The van der Waals surface area contributed by atoms with Crippen molar-refractivity contribution in [2.75, 3.05) is 6.61 Å². The molecule has 3 saturated heterocycles. The van der Waals surface area contributed by atoms with Crippen molar-refractivity contribution >= 4 is 22.7 Å². The smallest absolute Gasteiger partial charge is 0.352 e. The second-order valence-electron chi connectivity index (χ2n) is 15.7. The number of fused-ring (bicyclic) bond motifs is 3. The van der Waals surface area contributed by atoms with Crippen molar-refractivity contribution in [1.82, 2.24) is 0 Å². The number of carbonyl (C=O) groups excluding carboxylic acids is 2. The first-order valence-corrected chi connectivity index (χ1v) is 19.9. The SMILES string of the molecule is CCCCCCCC[C@@H]1c2c(c([C@@H]3O[C@H](CO)[C@@H](O)[C@H](O[C@@H]4O[C@@H](C)[C@H](O)[C@@H](O)[C@H]4O)[C@H]3O)c(O)c3c(=O)cc(-c4ccc(O)cc4)oc23)OO[C@@]12C(=O)O[C@H](C)C2=O. The maximum atomic E-state index is 14.3. The molecule has 0 bridgehead atoms. The molecule has 3 aromatic rings. The third kappa shape index (κ3) is 7.38. The van der Waals surface area contributed by atoms with Gasteiger partial charge in [0.15, 0.2) is 23.6 Å². The molecule has 0 amide bonds. The summed E-state index contributed by atoms with van der Waals surface area (Å²) in [5.41, 5.74) is -3.73. The number of phenols is 2. The van der Waals surface area contributed by atoms with Crippen LogP contribution in [-0.2, 0) is 33.4 Å². The Bertz CT molecular complexity index is 2080. The summed E-state index contributed by atoms with van der Waals surface area (Å²) in [5.74, 6) is -4.48. The number of Topliss-reactive ketones (excluding diaryl/α,β-unsaturated/α-hetero) is 1. The second kappa shape index (κ2) is 17.0. The lowest BCUT2D eigenvalue weighted by atomic mass is 9.73. The molecule has 0 radical (unpaired) electrons. The molecule has 5 heterocycles. The number of aliphatic hydroxyl groups is 6. The van der Waals surface area contributed by atoms with Gasteiger partial charge in [-0.1, -0.05) is 45.4 Å². The van der Waals surface area contributed by atoms with Crippen molar-refractivity contribution in [3.8, 4) is 28.6 Å². The number of aliphatic hydroxyl groups excluding tert-OH is 6. The molecule has 18 nitrogen and oxygen atoms in total. The van der Waals surface area contributed by atoms with Crippen LogP contribution in [0, 0.1) is 0 Å². The molecule has 4 aliphatic heterocycles. The minimum Gasteiger partial charge on any atom is -0.508 e. The summed E-state index contributed by atoms with van der Waals surface area (Å²) in [5, 5.41) is 86.6. The highest BCUT2D eigenvalue weighted by Gasteiger charge is 2.67. The Morgan fingerprint density at radius 3 is 2.17 bits per heavy atom. The quantitative estimate of drug-likeness (QED) is 0.0557. The van der Waals surface area contributed by atoms with E-state index >= 15 is 0 Å². The maximum absolute atomic E-state index is 14.3. The topological polar surface area (TPSA) is 282 Å². The number of rotatable bonds is 12. The molecular formula is C41H50O18. The average Bonchev–Trinajstić information content (AvgIpc) is 3.42. The number of hydrogen-bond donors (Lipinski definition) is 8. The molecule has 0 unspecified atom stereocenters. The Morgan fingerprint density at radius 2 is 1.51 bits per heavy atom. The first kappa shape index (κ1) is 42.9. The first-order chi connectivity index (χ1) is 28.2. The summed E-state index contributed by atoms with van der Waals surface area (Å²) in [7, 11) is 0. The molecule has 4 aliphatic rings. The normalized spacial score (nSPS) is 34.5. The molecule has 7 rings (SSSR count). The number of phenolic OH excluding ortho intramolecular Hbond substituents is 2. The molecule has 1 aromatic heterocycles. The minimum atomic E-state index is -2.40. The number of benzene rings is 2. The summed E-state index contributed by atoms with van der Waals surface area (Å²) in [4.78, 5) is 53.8. The lowest BCUT2D eigenvalue weighted by Crippen LogP contribution is -2.62. The lowest BCUT2D eigenvalue weighted by Gasteiger charge is -2.46. The number of esters is 1. The molecule has 59 heavy (non-hydrogen) atoms. The van der Waals surface area contributed by atoms with E-state index in [2.05, 4.69) is 6.92 Å². The van der Waals surface area contributed by atoms with Gasteiger partial charge in [0.2, 0.25) is 5.78 Å². The van der Waals surface area contributed by atoms with Crippen molar-refractivity contribution < 1.29 is 83.6 Å². The molecule has 2 aromatic carbocycles. The zero-order valence-corrected chi connectivity index (χ0v) is 32.6. The summed E-state index contributed by atoms with van der Waals surface area (Å²) in [6, 6.07) is 6.77. The van der Waals surface area contributed by atoms with Crippen molar-refractivity contribution in [1.29, 1.82) is 0 Å². The van der Waals surface area contributed by atoms with Crippen LogP contribution in [-0.4, -0.2) is 126 Å². The van der Waals surface area contributed by atoms with Crippen LogP contribution in [0.1, 0.15) is 88.9 Å². The fourth-order valence-corrected chi connectivity index (χ4v) is 8.54. The highest BCUT2D eigenvalue weighted by atomic mass is 17.2. The van der Waals surface area contributed by atoms with Crippen molar-refractivity contribution in [2.24, 2.45) is 0 Å². The molecule has 18 heteroatoms. The largest absolute Gasteiger partial charge is 0.508 e. The van der Waals surface area contributed by atoms with Crippen LogP contribution in [0.25, 0.3) is 22.3 Å². The number of carbonyl (C=O) groups is 2. The third-order valence-corrected chi connectivity index (χ3v) is 11.8. The zero-order valence-electron chi connectivity index (χ0n) is 32.6. The fraction of sp³-hybridized carbons (Fsp3) is 0.585. The predicted molar refractivity (Wildman–Crippen MR) is 201 cm³/mol. The Kier molecular flexibility index (Phi) is 12.4. The Morgan fingerprint density at radius 1 is 0.814 bits per heavy atom. The molecule has 8 N–H and O–H groups in total. The molecule has 1 spiro atoms. The number of ketones is 1. The van der Waals surface area contributed by atoms with Gasteiger partial charge in [-0.3, -0.25) is 9.59 Å². The van der Waals surface area contributed by atoms with Gasteiger partial charge in [0.05, 0.1) is 18.3 Å². The highest BCUT2D eigenvalue weighted by Crippen LogP contribution is 2.57. The molecular weight excluding hydrogens is 780 g/mol. The summed E-state index contributed by atoms with van der Waals surface area (Å²) < 4.78 is 29.2. The first-order valence-electron chi connectivity index (χ1n) is 19.9. The summed E-state index contributed by atoms with van der Waals surface area (Å²) in [6.45, 7) is 3.95. The van der Waals surface area contributed by atoms with Gasteiger partial charge in [-0.25, -0.2) is 4.79 Å². The summed E-state index contributed by atoms with van der Waals surface area (Å²) >= 11 is 0. The Balaban J connectivity index is 1.43. The van der Waals surface area contributed by atoms with E-state index < -0.39 is 125 Å². The molecule has 0 saturated carbocycles. The van der Waals surface area contributed by atoms with E-state index in [1.807, 2.05) is 0 Å². The van der Waals surface area contributed by atoms with Gasteiger partial charge in [-0.15, -0.1) is 0 Å². The molecule has 322 valence electrons. The second-order valence-corrected chi connectivity index (χ2v) is 15.7. The predicted octanol–water partition coefficient (Wildman–Crippen LogP) is 1.65. The Hall–Kier alpha value is -4.21. The molecule has 0 aliphatic carbocycles. The third-order valence-electron chi connectivity index (χ3n) is 11.8. The maximum Gasteiger partial charge on any atom is 0.352 e. The van der Waals surface area contributed by atoms with E-state index in [-0.39, 0.29) is 29.1 Å². The number of cyclic esters (lactones) is 1. The van der Waals surface area contributed by atoms with Crippen LogP contribution < -0.4 is 10.3 Å². The van der Waals surface area contributed by atoms with E-state index in [9.17, 15) is 55.2 Å². The minimum absolute atomic E-state index is 0.0251. The van der Waals surface area contributed by atoms with Gasteiger partial charge in [0.1, 0.15) is 77.1 Å². The van der Waals surface area contributed by atoms with E-state index in [4.69, 9.17) is 33.1 Å². The van der Waals surface area contributed by atoms with Crippen molar-refractivity contribution in [2.45, 2.75) is 145 Å². The fourth-order valence-electron chi connectivity index (χ4n) is 8.54. The highest BCUT2D eigenvalue weighted by molar-refractivity contribution is 6.15. The average molecular weight is 831 g/mol. The van der Waals surface area contributed by atoms with E-state index in [0.29, 0.717) is 18.4 Å². The number of hydrogen-bond acceptors (Lipinski definition) is 18. The standard InChI is InChI=1S/C41H50O18/c1-4-5-6-7-8-9-10-21-25-34-26(22(44)15-23(55-34)19-11-13-20(43)14-12-19)30(47)27(35(25)58-59-41(21)38(51)18(3)54-40(41)52)36-33(50)37(29(46)24(16-42)56-36)57-39-32(49)31(48)28(45)17(2)53-39/h11-15,17-18,21,24,28-29,31-33,36-37,39,42-43,45-50H,4-10,16H2,1-3H3/t17-,18+,21+,24+,28-,29+,31+,32+,33-,36-,37-,39-,41-/m0/s1. The van der Waals surface area contributed by atoms with Crippen LogP contribution in [0.4, 0.5) is 0 Å².